The van der Waals surface area contributed by atoms with Crippen LogP contribution >= 0.6 is 0 Å². The predicted molar refractivity (Wildman–Crippen MR) is 89.8 cm³/mol. The minimum atomic E-state index is -0.176. The average Bonchev–Trinajstić information content (AvgIpc) is 2.57. The largest absolute Gasteiger partial charge is 0.466 e. The molecule has 0 heterocycles. The van der Waals surface area contributed by atoms with Gasteiger partial charge in [0.25, 0.3) is 0 Å². The van der Waals surface area contributed by atoms with Gasteiger partial charge in [0.05, 0.1) is 6.61 Å². The molecule has 0 unspecified atom stereocenters. The Labute approximate surface area is 139 Å². The number of ether oxygens (including phenoxy) is 2. The number of rotatable bonds is 12. The van der Waals surface area contributed by atoms with Crippen molar-refractivity contribution in [2.75, 3.05) is 6.61 Å². The lowest BCUT2D eigenvalue weighted by atomic mass is 10.2. The van der Waals surface area contributed by atoms with E-state index in [4.69, 9.17) is 9.47 Å². The molecule has 1 rings (SSSR count). The highest BCUT2D eigenvalue weighted by Gasteiger charge is 2.04. The number of hydrogen-bond donors (Lipinski definition) is 0. The smallest absolute Gasteiger partial charge is 0.306 e. The molecule has 4 heteroatoms. The number of unbranched alkanes of at least 4 members (excludes halogenated alkanes) is 4. The maximum absolute atomic E-state index is 11.6. The zero-order chi connectivity index (χ0) is 16.8. The van der Waals surface area contributed by atoms with Crippen molar-refractivity contribution in [2.45, 2.75) is 64.9 Å². The molecule has 0 atom stereocenters. The van der Waals surface area contributed by atoms with Crippen LogP contribution in [0.3, 0.4) is 0 Å². The van der Waals surface area contributed by atoms with E-state index in [2.05, 4.69) is 6.92 Å². The van der Waals surface area contributed by atoms with Crippen molar-refractivity contribution in [1.82, 2.24) is 0 Å². The van der Waals surface area contributed by atoms with Crippen LogP contribution in [-0.2, 0) is 25.7 Å². The third-order valence-corrected chi connectivity index (χ3v) is 3.52. The topological polar surface area (TPSA) is 52.6 Å². The van der Waals surface area contributed by atoms with E-state index in [1.165, 1.54) is 0 Å². The van der Waals surface area contributed by atoms with Crippen LogP contribution in [0.2, 0.25) is 0 Å². The second kappa shape index (κ2) is 12.7. The maximum atomic E-state index is 11.6. The van der Waals surface area contributed by atoms with E-state index < -0.39 is 0 Å². The quantitative estimate of drug-likeness (QED) is 0.423. The number of carbonyl (C=O) groups excluding carboxylic acids is 2. The summed E-state index contributed by atoms with van der Waals surface area (Å²) in [6.45, 7) is 2.88. The third kappa shape index (κ3) is 10.5. The van der Waals surface area contributed by atoms with Crippen molar-refractivity contribution < 1.29 is 19.1 Å². The van der Waals surface area contributed by atoms with Crippen LogP contribution in [0.4, 0.5) is 0 Å². The van der Waals surface area contributed by atoms with Gasteiger partial charge in [0.1, 0.15) is 6.61 Å². The zero-order valence-corrected chi connectivity index (χ0v) is 14.1. The van der Waals surface area contributed by atoms with Gasteiger partial charge in [-0.05, 0) is 31.2 Å². The minimum absolute atomic E-state index is 0.110. The molecular formula is C19H28O4. The number of hydrogen-bond acceptors (Lipinski definition) is 4. The highest BCUT2D eigenvalue weighted by Crippen LogP contribution is 2.06. The fraction of sp³-hybridized carbons (Fsp3) is 0.579. The lowest BCUT2D eigenvalue weighted by Crippen LogP contribution is -2.06. The highest BCUT2D eigenvalue weighted by atomic mass is 16.5. The lowest BCUT2D eigenvalue weighted by molar-refractivity contribution is -0.146. The Morgan fingerprint density at radius 3 is 2.17 bits per heavy atom. The summed E-state index contributed by atoms with van der Waals surface area (Å²) in [6, 6.07) is 9.64. The van der Waals surface area contributed by atoms with Gasteiger partial charge in [-0.2, -0.15) is 0 Å². The van der Waals surface area contributed by atoms with Crippen LogP contribution in [-0.4, -0.2) is 18.5 Å². The van der Waals surface area contributed by atoms with Gasteiger partial charge in [-0.25, -0.2) is 0 Å². The van der Waals surface area contributed by atoms with Crippen LogP contribution in [0.1, 0.15) is 63.9 Å². The summed E-state index contributed by atoms with van der Waals surface area (Å²) in [5.41, 5.74) is 0.996. The van der Waals surface area contributed by atoms with Crippen LogP contribution < -0.4 is 0 Å². The van der Waals surface area contributed by atoms with Gasteiger partial charge < -0.3 is 9.47 Å². The van der Waals surface area contributed by atoms with Gasteiger partial charge in [-0.15, -0.1) is 0 Å². The molecule has 0 N–H and O–H groups in total. The Hall–Kier alpha value is -1.84. The molecule has 0 aliphatic rings. The summed E-state index contributed by atoms with van der Waals surface area (Å²) in [4.78, 5) is 23.0. The second-order valence-corrected chi connectivity index (χ2v) is 5.63. The monoisotopic (exact) mass is 320 g/mol. The van der Waals surface area contributed by atoms with E-state index in [0.717, 1.165) is 44.1 Å². The van der Waals surface area contributed by atoms with E-state index in [1.54, 1.807) is 0 Å². The number of benzene rings is 1. The van der Waals surface area contributed by atoms with Crippen molar-refractivity contribution >= 4 is 11.9 Å². The first kappa shape index (κ1) is 19.2. The molecule has 23 heavy (non-hydrogen) atoms. The Bertz CT molecular complexity index is 442. The molecule has 0 fully saturated rings. The molecule has 0 aliphatic carbocycles. The molecule has 0 saturated carbocycles. The Balaban J connectivity index is 1.94. The van der Waals surface area contributed by atoms with Crippen molar-refractivity contribution in [2.24, 2.45) is 0 Å². The predicted octanol–water partition coefficient (Wildman–Crippen LogP) is 4.41. The second-order valence-electron chi connectivity index (χ2n) is 5.63. The molecule has 0 aromatic heterocycles. The first-order valence-corrected chi connectivity index (χ1v) is 8.57. The van der Waals surface area contributed by atoms with E-state index >= 15 is 0 Å². The van der Waals surface area contributed by atoms with E-state index in [-0.39, 0.29) is 11.9 Å². The van der Waals surface area contributed by atoms with Crippen LogP contribution in [0.15, 0.2) is 30.3 Å². The zero-order valence-electron chi connectivity index (χ0n) is 14.1. The number of esters is 2. The molecule has 0 bridgehead atoms. The van der Waals surface area contributed by atoms with E-state index in [9.17, 15) is 9.59 Å². The first-order valence-electron chi connectivity index (χ1n) is 8.57. The van der Waals surface area contributed by atoms with Crippen LogP contribution in [0, 0.1) is 0 Å². The van der Waals surface area contributed by atoms with E-state index in [0.29, 0.717) is 26.1 Å². The molecule has 4 nitrogen and oxygen atoms in total. The van der Waals surface area contributed by atoms with E-state index in [1.807, 2.05) is 30.3 Å². The van der Waals surface area contributed by atoms with Crippen LogP contribution in [0.25, 0.3) is 0 Å². The lowest BCUT2D eigenvalue weighted by Gasteiger charge is -2.06. The summed E-state index contributed by atoms with van der Waals surface area (Å²) in [6.07, 6.45) is 6.43. The fourth-order valence-corrected chi connectivity index (χ4v) is 2.14. The molecule has 1 aromatic rings. The molecule has 0 amide bonds. The molecule has 0 radical (unpaired) electrons. The first-order chi connectivity index (χ1) is 11.2. The SMILES string of the molecule is CCCCCC(=O)OCCCCCC(=O)OCc1ccccc1. The highest BCUT2D eigenvalue weighted by molar-refractivity contribution is 5.69. The van der Waals surface area contributed by atoms with Gasteiger partial charge in [-0.3, -0.25) is 9.59 Å². The van der Waals surface area contributed by atoms with Crippen molar-refractivity contribution in [3.63, 3.8) is 0 Å². The summed E-state index contributed by atoms with van der Waals surface area (Å²) >= 11 is 0. The molecule has 0 saturated heterocycles. The van der Waals surface area contributed by atoms with Crippen molar-refractivity contribution in [3.8, 4) is 0 Å². The molecule has 0 spiro atoms. The van der Waals surface area contributed by atoms with Crippen molar-refractivity contribution in [1.29, 1.82) is 0 Å². The molecule has 128 valence electrons. The Morgan fingerprint density at radius 2 is 1.48 bits per heavy atom. The standard InChI is InChI=1S/C19H28O4/c1-2-3-6-13-18(20)22-15-10-5-9-14-19(21)23-16-17-11-7-4-8-12-17/h4,7-8,11-12H,2-3,5-6,9-10,13-16H2,1H3. The number of carbonyl (C=O) groups is 2. The molecule has 1 aromatic carbocycles. The Kier molecular flexibility index (Phi) is 10.6. The maximum Gasteiger partial charge on any atom is 0.306 e. The Morgan fingerprint density at radius 1 is 0.826 bits per heavy atom. The van der Waals surface area contributed by atoms with Crippen molar-refractivity contribution in [3.05, 3.63) is 35.9 Å². The van der Waals surface area contributed by atoms with Crippen LogP contribution in [0.5, 0.6) is 0 Å². The van der Waals surface area contributed by atoms with Gasteiger partial charge in [-0.1, -0.05) is 50.1 Å². The summed E-state index contributed by atoms with van der Waals surface area (Å²) in [7, 11) is 0. The van der Waals surface area contributed by atoms with Gasteiger partial charge in [0.15, 0.2) is 0 Å². The minimum Gasteiger partial charge on any atom is -0.466 e. The summed E-state index contributed by atoms with van der Waals surface area (Å²) in [5.74, 6) is -0.286. The average molecular weight is 320 g/mol. The molecule has 0 aliphatic heterocycles. The summed E-state index contributed by atoms with van der Waals surface area (Å²) in [5, 5.41) is 0. The fourth-order valence-electron chi connectivity index (χ4n) is 2.14. The van der Waals surface area contributed by atoms with Gasteiger partial charge >= 0.3 is 11.9 Å². The normalized spacial score (nSPS) is 10.3. The molecular weight excluding hydrogens is 292 g/mol. The third-order valence-electron chi connectivity index (χ3n) is 3.52. The van der Waals surface area contributed by atoms with Gasteiger partial charge in [0.2, 0.25) is 0 Å². The summed E-state index contributed by atoms with van der Waals surface area (Å²) < 4.78 is 10.3. The van der Waals surface area contributed by atoms with Gasteiger partial charge in [0, 0.05) is 12.8 Å².